The number of benzene rings is 2. The second kappa shape index (κ2) is 19.5. The lowest BCUT2D eigenvalue weighted by atomic mass is 10.2. The van der Waals surface area contributed by atoms with Gasteiger partial charge in [-0.1, -0.05) is 0 Å². The fraction of sp³-hybridized carbons (Fsp3) is 0.455. The Kier molecular flexibility index (Phi) is 17.6. The van der Waals surface area contributed by atoms with Crippen molar-refractivity contribution in [1.29, 1.82) is 0 Å². The molecule has 0 fully saturated rings. The molecule has 0 aliphatic carbocycles. The van der Waals surface area contributed by atoms with Gasteiger partial charge < -0.3 is 40.1 Å². The number of halogens is 1. The molecule has 0 heterocycles. The van der Waals surface area contributed by atoms with Crippen LogP contribution in [0.2, 0.25) is 0 Å². The molecule has 5 N–H and O–H groups in total. The molecule has 14 nitrogen and oxygen atoms in total. The zero-order chi connectivity index (χ0) is 28.2. The van der Waals surface area contributed by atoms with Gasteiger partial charge in [0.1, 0.15) is 5.75 Å². The van der Waals surface area contributed by atoms with E-state index in [9.17, 15) is 24.6 Å². The first-order chi connectivity index (χ1) is 17.7. The highest BCUT2D eigenvalue weighted by Crippen LogP contribution is 2.31. The summed E-state index contributed by atoms with van der Waals surface area (Å²) in [6.07, 6.45) is 0. The van der Waals surface area contributed by atoms with E-state index in [4.69, 9.17) is 25.2 Å². The average Bonchev–Trinajstić information content (AvgIpc) is 2.89. The van der Waals surface area contributed by atoms with Crippen LogP contribution in [0.25, 0.3) is 0 Å². The molecule has 0 aromatic heterocycles. The third-order valence-corrected chi connectivity index (χ3v) is 4.38. The molecule has 2 aromatic carbocycles. The summed E-state index contributed by atoms with van der Waals surface area (Å²) < 4.78 is 22.3. The minimum Gasteiger partial charge on any atom is -0.494 e. The first kappa shape index (κ1) is 33.4. The van der Waals surface area contributed by atoms with Gasteiger partial charge in [-0.3, -0.25) is 20.2 Å². The normalized spacial score (nSPS) is 9.81. The van der Waals surface area contributed by atoms with E-state index in [2.05, 4.69) is 10.1 Å². The molecule has 15 heteroatoms. The Morgan fingerprint density at radius 2 is 1.27 bits per heavy atom. The summed E-state index contributed by atoms with van der Waals surface area (Å²) in [6.45, 7) is 1.88. The number of aliphatic hydroxyl groups excluding tert-OH is 4. The van der Waals surface area contributed by atoms with Gasteiger partial charge in [0.25, 0.3) is 11.4 Å². The minimum atomic E-state index is -0.609. The van der Waals surface area contributed by atoms with Crippen molar-refractivity contribution in [2.45, 2.75) is 0 Å². The van der Waals surface area contributed by atoms with E-state index in [1.165, 1.54) is 26.4 Å². The van der Waals surface area contributed by atoms with Gasteiger partial charge in [-0.05, 0) is 12.1 Å². The fourth-order valence-corrected chi connectivity index (χ4v) is 2.68. The average molecular weight is 533 g/mol. The fourth-order valence-electron chi connectivity index (χ4n) is 2.68. The van der Waals surface area contributed by atoms with E-state index in [0.29, 0.717) is 37.6 Å². The Hall–Kier alpha value is -3.63. The molecule has 2 aromatic rings. The van der Waals surface area contributed by atoms with Crippen molar-refractivity contribution < 1.29 is 44.1 Å². The number of anilines is 1. The van der Waals surface area contributed by atoms with Crippen molar-refractivity contribution in [3.8, 4) is 11.5 Å². The molecule has 0 radical (unpaired) electrons. The molecule has 0 aliphatic heterocycles. The second-order valence-corrected chi connectivity index (χ2v) is 6.82. The van der Waals surface area contributed by atoms with Gasteiger partial charge in [0, 0.05) is 38.3 Å². The number of hydrogen-bond donors (Lipinski definition) is 5. The highest BCUT2D eigenvalue weighted by atomic mass is 19.1. The first-order valence-electron chi connectivity index (χ1n) is 10.9. The SMILES string of the molecule is COc1cc([N+](=O)[O-])ccc1F.COc1cc([N+](=O)[O-])ccc1N(CCO)CCO.OCCNCCO. The topological polar surface area (TPSA) is 201 Å². The minimum absolute atomic E-state index is 0.0662. The maximum Gasteiger partial charge on any atom is 0.273 e. The van der Waals surface area contributed by atoms with E-state index < -0.39 is 15.7 Å². The number of nitro groups is 2. The number of hydrogen-bond acceptors (Lipinski definition) is 12. The Balaban J connectivity index is 0.000000586. The lowest BCUT2D eigenvalue weighted by Crippen LogP contribution is -2.30. The molecule has 0 saturated carbocycles. The molecular weight excluding hydrogens is 499 g/mol. The maximum atomic E-state index is 12.7. The summed E-state index contributed by atoms with van der Waals surface area (Å²) in [5, 5.41) is 57.9. The standard InChI is InChI=1S/C11H16N2O5.C7H6FNO3.C4H11NO2/c1-18-11-8-9(13(16)17)2-3-10(11)12(4-6-14)5-7-15;1-12-7-4-5(9(10)11)2-3-6(7)8;6-3-1-5-2-4-7/h2-3,8,14-15H,4-7H2,1H3;2-4H,1H3;5-7H,1-4H2. The largest absolute Gasteiger partial charge is 0.494 e. The number of nitrogens with one attached hydrogen (secondary N) is 1. The number of nitrogens with zero attached hydrogens (tertiary/aromatic N) is 3. The summed E-state index contributed by atoms with van der Waals surface area (Å²) in [5.74, 6) is -0.390. The summed E-state index contributed by atoms with van der Waals surface area (Å²) in [5.41, 5.74) is 0.350. The Morgan fingerprint density at radius 3 is 1.68 bits per heavy atom. The third-order valence-electron chi connectivity index (χ3n) is 4.38. The third kappa shape index (κ3) is 12.8. The molecule has 0 atom stereocenters. The van der Waals surface area contributed by atoms with E-state index in [1.54, 1.807) is 11.0 Å². The smallest absolute Gasteiger partial charge is 0.273 e. The zero-order valence-electron chi connectivity index (χ0n) is 20.6. The van der Waals surface area contributed by atoms with Crippen LogP contribution in [-0.2, 0) is 0 Å². The van der Waals surface area contributed by atoms with Crippen LogP contribution < -0.4 is 19.7 Å². The van der Waals surface area contributed by atoms with Gasteiger partial charge in [0.15, 0.2) is 11.6 Å². The molecule has 2 rings (SSSR count). The van der Waals surface area contributed by atoms with Crippen molar-refractivity contribution >= 4 is 17.1 Å². The summed E-state index contributed by atoms with van der Waals surface area (Å²) >= 11 is 0. The highest BCUT2D eigenvalue weighted by Gasteiger charge is 2.16. The monoisotopic (exact) mass is 532 g/mol. The Bertz CT molecular complexity index is 942. The Labute approximate surface area is 212 Å². The highest BCUT2D eigenvalue weighted by molar-refractivity contribution is 5.62. The van der Waals surface area contributed by atoms with Crippen molar-refractivity contribution in [3.63, 3.8) is 0 Å². The van der Waals surface area contributed by atoms with Gasteiger partial charge in [-0.25, -0.2) is 4.39 Å². The van der Waals surface area contributed by atoms with E-state index in [-0.39, 0.29) is 43.6 Å². The van der Waals surface area contributed by atoms with Crippen LogP contribution in [0, 0.1) is 26.0 Å². The number of aliphatic hydroxyl groups is 4. The van der Waals surface area contributed by atoms with E-state index in [0.717, 1.165) is 18.2 Å². The predicted octanol–water partition coefficient (Wildman–Crippen LogP) is 0.698. The van der Waals surface area contributed by atoms with Crippen LogP contribution in [0.15, 0.2) is 36.4 Å². The lowest BCUT2D eigenvalue weighted by Gasteiger charge is -2.24. The van der Waals surface area contributed by atoms with Crippen LogP contribution in [-0.4, -0.2) is 97.1 Å². The van der Waals surface area contributed by atoms with Crippen LogP contribution in [0.5, 0.6) is 11.5 Å². The zero-order valence-corrected chi connectivity index (χ0v) is 20.6. The number of methoxy groups -OCH3 is 2. The van der Waals surface area contributed by atoms with Crippen molar-refractivity contribution in [2.75, 3.05) is 71.7 Å². The van der Waals surface area contributed by atoms with Gasteiger partial charge in [0.2, 0.25) is 0 Å². The quantitative estimate of drug-likeness (QED) is 0.137. The van der Waals surface area contributed by atoms with Crippen LogP contribution in [0.4, 0.5) is 21.5 Å². The van der Waals surface area contributed by atoms with E-state index >= 15 is 0 Å². The van der Waals surface area contributed by atoms with Crippen LogP contribution in [0.1, 0.15) is 0 Å². The Morgan fingerprint density at radius 1 is 0.811 bits per heavy atom. The molecular formula is C22H33FN4O10. The first-order valence-corrected chi connectivity index (χ1v) is 10.9. The number of nitro benzene ring substituents is 2. The molecule has 0 unspecified atom stereocenters. The maximum absolute atomic E-state index is 12.7. The van der Waals surface area contributed by atoms with Gasteiger partial charge in [-0.15, -0.1) is 0 Å². The number of rotatable bonds is 13. The van der Waals surface area contributed by atoms with Gasteiger partial charge in [-0.2, -0.15) is 0 Å². The molecule has 0 amide bonds. The molecule has 0 aliphatic rings. The van der Waals surface area contributed by atoms with Crippen LogP contribution >= 0.6 is 0 Å². The molecule has 0 saturated heterocycles. The summed E-state index contributed by atoms with van der Waals surface area (Å²) in [4.78, 5) is 21.4. The van der Waals surface area contributed by atoms with Gasteiger partial charge in [0.05, 0.1) is 68.3 Å². The molecule has 208 valence electrons. The lowest BCUT2D eigenvalue weighted by molar-refractivity contribution is -0.385. The molecule has 37 heavy (non-hydrogen) atoms. The number of ether oxygens (including phenoxy) is 2. The van der Waals surface area contributed by atoms with Crippen molar-refractivity contribution in [3.05, 3.63) is 62.4 Å². The van der Waals surface area contributed by atoms with Crippen molar-refractivity contribution in [1.82, 2.24) is 5.32 Å². The molecule has 0 bridgehead atoms. The summed E-state index contributed by atoms with van der Waals surface area (Å²) in [6, 6.07) is 7.34. The predicted molar refractivity (Wildman–Crippen MR) is 133 cm³/mol. The van der Waals surface area contributed by atoms with E-state index in [1.807, 2.05) is 0 Å². The van der Waals surface area contributed by atoms with Crippen LogP contribution in [0.3, 0.4) is 0 Å². The summed E-state index contributed by atoms with van der Waals surface area (Å²) in [7, 11) is 2.67. The second-order valence-electron chi connectivity index (χ2n) is 6.82. The van der Waals surface area contributed by atoms with Crippen molar-refractivity contribution in [2.24, 2.45) is 0 Å². The van der Waals surface area contributed by atoms with Gasteiger partial charge >= 0.3 is 0 Å². The number of non-ortho nitro benzene ring substituents is 2. The molecule has 0 spiro atoms.